The van der Waals surface area contributed by atoms with Crippen LogP contribution in [0, 0.1) is 5.82 Å². The summed E-state index contributed by atoms with van der Waals surface area (Å²) in [6.07, 6.45) is 0.539. The lowest BCUT2D eigenvalue weighted by Gasteiger charge is -2.21. The Morgan fingerprint density at radius 3 is 2.57 bits per heavy atom. The van der Waals surface area contributed by atoms with E-state index in [2.05, 4.69) is 15.9 Å². The van der Waals surface area contributed by atoms with E-state index in [-0.39, 0.29) is 29.1 Å². The van der Waals surface area contributed by atoms with Crippen molar-refractivity contribution in [2.45, 2.75) is 25.2 Å². The van der Waals surface area contributed by atoms with Crippen LogP contribution in [0.25, 0.3) is 0 Å². The fourth-order valence-electron chi connectivity index (χ4n) is 1.71. The molecule has 118 valence electrons. The molecule has 0 aliphatic rings. The molecule has 21 heavy (non-hydrogen) atoms. The van der Waals surface area contributed by atoms with Gasteiger partial charge in [0, 0.05) is 11.0 Å². The highest BCUT2D eigenvalue weighted by atomic mass is 79.9. The summed E-state index contributed by atoms with van der Waals surface area (Å²) in [5.41, 5.74) is 0. The van der Waals surface area contributed by atoms with Gasteiger partial charge in [0.25, 0.3) is 0 Å². The van der Waals surface area contributed by atoms with E-state index in [0.29, 0.717) is 6.42 Å². The normalized spacial score (nSPS) is 11.7. The second-order valence-corrected chi connectivity index (χ2v) is 6.98. The van der Waals surface area contributed by atoms with Gasteiger partial charge in [0.2, 0.25) is 10.0 Å². The van der Waals surface area contributed by atoms with Crippen molar-refractivity contribution < 1.29 is 22.3 Å². The van der Waals surface area contributed by atoms with Crippen LogP contribution in [0.1, 0.15) is 20.3 Å². The molecule has 8 heteroatoms. The van der Waals surface area contributed by atoms with Gasteiger partial charge in [-0.3, -0.25) is 4.79 Å². The lowest BCUT2D eigenvalue weighted by molar-refractivity contribution is -0.143. The van der Waals surface area contributed by atoms with Crippen LogP contribution in [0.4, 0.5) is 4.39 Å². The predicted molar refractivity (Wildman–Crippen MR) is 79.8 cm³/mol. The van der Waals surface area contributed by atoms with Gasteiger partial charge in [-0.2, -0.15) is 4.31 Å². The van der Waals surface area contributed by atoms with Gasteiger partial charge >= 0.3 is 5.97 Å². The number of rotatable bonds is 7. The first-order valence-electron chi connectivity index (χ1n) is 6.43. The van der Waals surface area contributed by atoms with E-state index in [4.69, 9.17) is 4.74 Å². The highest BCUT2D eigenvalue weighted by molar-refractivity contribution is 9.10. The first kappa shape index (κ1) is 18.1. The fourth-order valence-corrected chi connectivity index (χ4v) is 4.19. The van der Waals surface area contributed by atoms with E-state index in [1.54, 1.807) is 13.8 Å². The zero-order valence-electron chi connectivity index (χ0n) is 11.8. The number of esters is 1. The molecule has 1 rings (SSSR count). The minimum absolute atomic E-state index is 0.0818. The third kappa shape index (κ3) is 4.76. The topological polar surface area (TPSA) is 63.7 Å². The molecule has 0 N–H and O–H groups in total. The van der Waals surface area contributed by atoms with Gasteiger partial charge in [-0.25, -0.2) is 12.8 Å². The van der Waals surface area contributed by atoms with Crippen LogP contribution in [-0.4, -0.2) is 38.4 Å². The van der Waals surface area contributed by atoms with Crippen LogP contribution < -0.4 is 0 Å². The van der Waals surface area contributed by atoms with Crippen molar-refractivity contribution in [2.75, 3.05) is 19.7 Å². The van der Waals surface area contributed by atoms with Crippen molar-refractivity contribution in [2.24, 2.45) is 0 Å². The van der Waals surface area contributed by atoms with Gasteiger partial charge in [-0.1, -0.05) is 6.92 Å². The Morgan fingerprint density at radius 1 is 1.38 bits per heavy atom. The molecule has 5 nitrogen and oxygen atoms in total. The molecule has 0 bridgehead atoms. The number of sulfonamides is 1. The maximum atomic E-state index is 13.1. The van der Waals surface area contributed by atoms with E-state index in [0.717, 1.165) is 16.4 Å². The average molecular weight is 382 g/mol. The Morgan fingerprint density at radius 2 is 2.05 bits per heavy atom. The maximum absolute atomic E-state index is 13.1. The summed E-state index contributed by atoms with van der Waals surface area (Å²) in [5.74, 6) is -1.17. The quantitative estimate of drug-likeness (QED) is 0.680. The second-order valence-electron chi connectivity index (χ2n) is 4.22. The number of nitrogens with zero attached hydrogens (tertiary/aromatic N) is 1. The van der Waals surface area contributed by atoms with Gasteiger partial charge in [-0.05, 0) is 47.5 Å². The summed E-state index contributed by atoms with van der Waals surface area (Å²) in [7, 11) is -3.91. The average Bonchev–Trinajstić information content (AvgIpc) is 2.38. The number of carbonyl (C=O) groups excluding carboxylic acids is 1. The first-order chi connectivity index (χ1) is 9.82. The lowest BCUT2D eigenvalue weighted by Crippen LogP contribution is -2.37. The molecule has 0 aliphatic heterocycles. The largest absolute Gasteiger partial charge is 0.465 e. The van der Waals surface area contributed by atoms with Crippen molar-refractivity contribution in [3.8, 4) is 0 Å². The summed E-state index contributed by atoms with van der Waals surface area (Å²) >= 11 is 3.04. The number of benzene rings is 1. The maximum Gasteiger partial charge on any atom is 0.321 e. The van der Waals surface area contributed by atoms with Crippen molar-refractivity contribution in [1.29, 1.82) is 0 Å². The molecule has 0 radical (unpaired) electrons. The molecule has 0 spiro atoms. The van der Waals surface area contributed by atoms with Crippen LogP contribution in [0.15, 0.2) is 27.6 Å². The Balaban J connectivity index is 3.12. The van der Waals surface area contributed by atoms with Crippen LogP contribution in [-0.2, 0) is 19.6 Å². The van der Waals surface area contributed by atoms with Crippen molar-refractivity contribution in [3.05, 3.63) is 28.5 Å². The third-order valence-electron chi connectivity index (χ3n) is 2.60. The van der Waals surface area contributed by atoms with Crippen molar-refractivity contribution >= 4 is 31.9 Å². The molecule has 0 saturated heterocycles. The van der Waals surface area contributed by atoms with Gasteiger partial charge in [0.05, 0.1) is 11.5 Å². The van der Waals surface area contributed by atoms with E-state index in [1.165, 1.54) is 6.07 Å². The van der Waals surface area contributed by atoms with Crippen LogP contribution >= 0.6 is 15.9 Å². The third-order valence-corrected chi connectivity index (χ3v) is 5.42. The molecule has 0 saturated carbocycles. The van der Waals surface area contributed by atoms with Gasteiger partial charge in [-0.15, -0.1) is 0 Å². The highest BCUT2D eigenvalue weighted by Crippen LogP contribution is 2.26. The zero-order valence-corrected chi connectivity index (χ0v) is 14.2. The summed E-state index contributed by atoms with van der Waals surface area (Å²) in [5, 5.41) is 0. The predicted octanol–water partition coefficient (Wildman–Crippen LogP) is 2.55. The number of hydrogen-bond donors (Lipinski definition) is 0. The zero-order chi connectivity index (χ0) is 16.0. The highest BCUT2D eigenvalue weighted by Gasteiger charge is 2.28. The molecule has 0 heterocycles. The SMILES string of the molecule is CCCN(CC(=O)OCC)S(=O)(=O)c1ccc(F)cc1Br. The Hall–Kier alpha value is -0.990. The summed E-state index contributed by atoms with van der Waals surface area (Å²) in [6, 6.07) is 3.30. The molecule has 0 amide bonds. The van der Waals surface area contributed by atoms with E-state index in [1.807, 2.05) is 0 Å². The molecular formula is C13H17BrFNO4S. The number of halogens is 2. The van der Waals surface area contributed by atoms with Gasteiger partial charge in [0.15, 0.2) is 0 Å². The number of hydrogen-bond acceptors (Lipinski definition) is 4. The minimum atomic E-state index is -3.91. The van der Waals surface area contributed by atoms with Crippen molar-refractivity contribution in [3.63, 3.8) is 0 Å². The second kappa shape index (κ2) is 7.86. The van der Waals surface area contributed by atoms with Crippen molar-refractivity contribution in [1.82, 2.24) is 4.31 Å². The molecule has 0 fully saturated rings. The summed E-state index contributed by atoms with van der Waals surface area (Å²) < 4.78 is 44.1. The molecule has 0 aromatic heterocycles. The van der Waals surface area contributed by atoms with Crippen LogP contribution in [0.3, 0.4) is 0 Å². The number of carbonyl (C=O) groups is 1. The lowest BCUT2D eigenvalue weighted by atomic mass is 10.3. The van der Waals surface area contributed by atoms with E-state index >= 15 is 0 Å². The van der Waals surface area contributed by atoms with E-state index < -0.39 is 21.8 Å². The van der Waals surface area contributed by atoms with Crippen LogP contribution in [0.5, 0.6) is 0 Å². The monoisotopic (exact) mass is 381 g/mol. The molecule has 1 aromatic rings. The summed E-state index contributed by atoms with van der Waals surface area (Å²) in [6.45, 7) is 3.43. The summed E-state index contributed by atoms with van der Waals surface area (Å²) in [4.78, 5) is 11.5. The smallest absolute Gasteiger partial charge is 0.321 e. The minimum Gasteiger partial charge on any atom is -0.465 e. The molecule has 0 atom stereocenters. The number of ether oxygens (including phenoxy) is 1. The molecule has 0 aliphatic carbocycles. The Kier molecular flexibility index (Phi) is 6.76. The van der Waals surface area contributed by atoms with Gasteiger partial charge < -0.3 is 4.74 Å². The Labute approximate surface area is 132 Å². The Bertz CT molecular complexity index is 606. The molecule has 1 aromatic carbocycles. The molecule has 0 unspecified atom stereocenters. The van der Waals surface area contributed by atoms with Gasteiger partial charge in [0.1, 0.15) is 12.4 Å². The molecular weight excluding hydrogens is 365 g/mol. The van der Waals surface area contributed by atoms with Crippen LogP contribution in [0.2, 0.25) is 0 Å². The first-order valence-corrected chi connectivity index (χ1v) is 8.67. The fraction of sp³-hybridized carbons (Fsp3) is 0.462. The van der Waals surface area contributed by atoms with E-state index in [9.17, 15) is 17.6 Å². The standard InChI is InChI=1S/C13H17BrFNO4S/c1-3-7-16(9-13(17)20-4-2)21(18,19)12-6-5-10(15)8-11(12)14/h5-6,8H,3-4,7,9H2,1-2H3.